The largest absolute Gasteiger partial charge is 0.113 e. The highest BCUT2D eigenvalue weighted by Crippen LogP contribution is 2.48. The van der Waals surface area contributed by atoms with Gasteiger partial charge in [-0.25, -0.2) is 0 Å². The monoisotopic (exact) mass is 764 g/mol. The van der Waals surface area contributed by atoms with Crippen molar-refractivity contribution >= 4 is 72.3 Å². The van der Waals surface area contributed by atoms with E-state index >= 15 is 0 Å². The predicted octanol–water partition coefficient (Wildman–Crippen LogP) is 14.9. The van der Waals surface area contributed by atoms with Gasteiger partial charge in [0.1, 0.15) is 8.07 Å². The van der Waals surface area contributed by atoms with Crippen molar-refractivity contribution in [3.8, 4) is 55.6 Å². The lowest BCUT2D eigenvalue weighted by atomic mass is 9.82. The van der Waals surface area contributed by atoms with Crippen LogP contribution in [0.4, 0.5) is 0 Å². The summed E-state index contributed by atoms with van der Waals surface area (Å²) in [5.41, 5.74) is 12.8. The van der Waals surface area contributed by atoms with Crippen molar-refractivity contribution in [1.82, 2.24) is 0 Å². The van der Waals surface area contributed by atoms with Crippen molar-refractivity contribution in [2.45, 2.75) is 13.1 Å². The lowest BCUT2D eigenvalue weighted by molar-refractivity contribution is 1.62. The second-order valence-electron chi connectivity index (χ2n) is 16.9. The van der Waals surface area contributed by atoms with E-state index < -0.39 is 8.07 Å². The molecule has 276 valence electrons. The smallest absolute Gasteiger partial charge is 0.0623 e. The number of hydrogen-bond donors (Lipinski definition) is 0. The molecular weight excluding hydrogens is 725 g/mol. The van der Waals surface area contributed by atoms with Crippen LogP contribution in [0, 0.1) is 0 Å². The van der Waals surface area contributed by atoms with Crippen molar-refractivity contribution in [2.75, 3.05) is 0 Å². The van der Waals surface area contributed by atoms with Gasteiger partial charge in [-0.2, -0.15) is 0 Å². The van der Waals surface area contributed by atoms with Crippen molar-refractivity contribution in [2.24, 2.45) is 0 Å². The average Bonchev–Trinajstić information content (AvgIpc) is 3.51. The Morgan fingerprint density at radius 3 is 1.51 bits per heavy atom. The Labute approximate surface area is 345 Å². The first-order valence-electron chi connectivity index (χ1n) is 20.7. The fraction of sp³-hybridized carbons (Fsp3) is 0.0345. The maximum atomic E-state index is 2.61. The van der Waals surface area contributed by atoms with Gasteiger partial charge in [-0.05, 0) is 144 Å². The van der Waals surface area contributed by atoms with E-state index in [1.165, 1.54) is 120 Å². The minimum Gasteiger partial charge on any atom is -0.0623 e. The molecule has 11 aromatic rings. The molecule has 11 aromatic carbocycles. The first kappa shape index (κ1) is 34.0. The summed E-state index contributed by atoms with van der Waals surface area (Å²) >= 11 is 0. The molecule has 0 saturated heterocycles. The van der Waals surface area contributed by atoms with Crippen LogP contribution in [0.3, 0.4) is 0 Å². The van der Waals surface area contributed by atoms with Gasteiger partial charge in [-0.1, -0.05) is 195 Å². The normalized spacial score (nSPS) is 13.1. The minimum atomic E-state index is -1.99. The van der Waals surface area contributed by atoms with Gasteiger partial charge in [0.2, 0.25) is 0 Å². The molecule has 0 nitrogen and oxygen atoms in total. The Kier molecular flexibility index (Phi) is 7.48. The van der Waals surface area contributed by atoms with Crippen LogP contribution in [0.25, 0.3) is 109 Å². The summed E-state index contributed by atoms with van der Waals surface area (Å²) in [7, 11) is -1.99. The van der Waals surface area contributed by atoms with E-state index in [9.17, 15) is 0 Å². The minimum absolute atomic E-state index is 1.22. The standard InChI is InChI=1S/C58H40Si/c1-59(2)55-21-10-9-19-48(55)51-35-53-54(36-56(51)59)58(49-20-11-17-40-14-7-8-18-47(40)49)52-34-46(45-29-25-38-13-4-6-16-43(38)33-45)30-31-50(52)57(53)41-26-22-39(23-27-41)44-28-24-37-12-3-5-15-42(37)32-44/h3-36H,1-2H3. The molecule has 0 spiro atoms. The van der Waals surface area contributed by atoms with Gasteiger partial charge in [0.15, 0.2) is 0 Å². The molecule has 0 radical (unpaired) electrons. The zero-order chi connectivity index (χ0) is 39.2. The van der Waals surface area contributed by atoms with Crippen LogP contribution in [0.2, 0.25) is 13.1 Å². The first-order valence-corrected chi connectivity index (χ1v) is 23.7. The fourth-order valence-electron chi connectivity index (χ4n) is 10.2. The lowest BCUT2D eigenvalue weighted by Crippen LogP contribution is -2.49. The van der Waals surface area contributed by atoms with E-state index in [-0.39, 0.29) is 0 Å². The second-order valence-corrected chi connectivity index (χ2v) is 21.2. The molecule has 0 saturated carbocycles. The van der Waals surface area contributed by atoms with Gasteiger partial charge < -0.3 is 0 Å². The molecule has 0 aromatic heterocycles. The van der Waals surface area contributed by atoms with Gasteiger partial charge in [0.05, 0.1) is 0 Å². The summed E-state index contributed by atoms with van der Waals surface area (Å²) in [5.74, 6) is 0. The zero-order valence-electron chi connectivity index (χ0n) is 33.1. The third-order valence-electron chi connectivity index (χ3n) is 13.2. The van der Waals surface area contributed by atoms with Gasteiger partial charge >= 0.3 is 0 Å². The summed E-state index contributed by atoms with van der Waals surface area (Å²) in [4.78, 5) is 0. The Morgan fingerprint density at radius 1 is 0.254 bits per heavy atom. The predicted molar refractivity (Wildman–Crippen MR) is 258 cm³/mol. The maximum absolute atomic E-state index is 2.61. The third kappa shape index (κ3) is 5.28. The molecule has 0 bridgehead atoms. The van der Waals surface area contributed by atoms with Gasteiger partial charge in [-0.3, -0.25) is 0 Å². The lowest BCUT2D eigenvalue weighted by Gasteiger charge is -2.23. The number of fused-ring (bicyclic) bond motifs is 8. The van der Waals surface area contributed by atoms with Gasteiger partial charge in [0.25, 0.3) is 0 Å². The molecule has 0 amide bonds. The molecule has 0 fully saturated rings. The topological polar surface area (TPSA) is 0 Å². The average molecular weight is 765 g/mol. The van der Waals surface area contributed by atoms with Gasteiger partial charge in [-0.15, -0.1) is 0 Å². The Balaban J connectivity index is 1.19. The highest BCUT2D eigenvalue weighted by molar-refractivity contribution is 7.04. The number of benzene rings is 11. The van der Waals surface area contributed by atoms with Crippen molar-refractivity contribution in [3.63, 3.8) is 0 Å². The van der Waals surface area contributed by atoms with Crippen molar-refractivity contribution < 1.29 is 0 Å². The molecule has 0 N–H and O–H groups in total. The fourth-order valence-corrected chi connectivity index (χ4v) is 13.3. The molecule has 12 rings (SSSR count). The van der Waals surface area contributed by atoms with Crippen LogP contribution in [-0.2, 0) is 0 Å². The molecule has 1 heterocycles. The van der Waals surface area contributed by atoms with E-state index in [0.717, 1.165) is 0 Å². The third-order valence-corrected chi connectivity index (χ3v) is 16.8. The second kappa shape index (κ2) is 13.0. The van der Waals surface area contributed by atoms with E-state index in [2.05, 4.69) is 219 Å². The summed E-state index contributed by atoms with van der Waals surface area (Å²) in [6.45, 7) is 5.07. The van der Waals surface area contributed by atoms with Crippen LogP contribution >= 0.6 is 0 Å². The van der Waals surface area contributed by atoms with E-state index in [4.69, 9.17) is 0 Å². The van der Waals surface area contributed by atoms with Crippen molar-refractivity contribution in [1.29, 1.82) is 0 Å². The molecule has 1 aliphatic rings. The van der Waals surface area contributed by atoms with Crippen LogP contribution in [0.1, 0.15) is 0 Å². The molecule has 0 aliphatic carbocycles. The summed E-state index contributed by atoms with van der Waals surface area (Å²) in [6.07, 6.45) is 0. The van der Waals surface area contributed by atoms with Crippen molar-refractivity contribution in [3.05, 3.63) is 206 Å². The van der Waals surface area contributed by atoms with E-state index in [1.807, 2.05) is 0 Å². The van der Waals surface area contributed by atoms with E-state index in [0.29, 0.717) is 0 Å². The van der Waals surface area contributed by atoms with Crippen LogP contribution in [-0.4, -0.2) is 8.07 Å². The zero-order valence-corrected chi connectivity index (χ0v) is 34.1. The summed E-state index contributed by atoms with van der Waals surface area (Å²) in [5, 5.41) is 15.8. The molecule has 0 atom stereocenters. The Morgan fingerprint density at radius 2 is 0.763 bits per heavy atom. The molecule has 0 unspecified atom stereocenters. The number of rotatable bonds is 4. The highest BCUT2D eigenvalue weighted by atomic mass is 28.3. The summed E-state index contributed by atoms with van der Waals surface area (Å²) in [6, 6.07) is 77.6. The molecule has 59 heavy (non-hydrogen) atoms. The van der Waals surface area contributed by atoms with Crippen LogP contribution in [0.5, 0.6) is 0 Å². The van der Waals surface area contributed by atoms with Crippen LogP contribution < -0.4 is 10.4 Å². The number of hydrogen-bond acceptors (Lipinski definition) is 0. The maximum Gasteiger partial charge on any atom is 0.113 e. The Bertz CT molecular complexity index is 3510. The molecule has 1 heteroatoms. The molecular formula is C58H40Si. The first-order chi connectivity index (χ1) is 29.0. The highest BCUT2D eigenvalue weighted by Gasteiger charge is 2.38. The molecule has 1 aliphatic heterocycles. The van der Waals surface area contributed by atoms with Crippen LogP contribution in [0.15, 0.2) is 206 Å². The SMILES string of the molecule is C[Si]1(C)c2ccccc2-c2cc3c(-c4ccc(-c5ccc6ccccc6c5)cc4)c4ccc(-c5ccc6ccccc6c5)cc4c(-c4cccc5ccccc45)c3cc21. The summed E-state index contributed by atoms with van der Waals surface area (Å²) < 4.78 is 0. The quantitative estimate of drug-likeness (QED) is 0.124. The van der Waals surface area contributed by atoms with Gasteiger partial charge in [0, 0.05) is 0 Å². The Hall–Kier alpha value is -7.06. The van der Waals surface area contributed by atoms with E-state index in [1.54, 1.807) is 0 Å².